The highest BCUT2D eigenvalue weighted by Gasteiger charge is 2.10. The van der Waals surface area contributed by atoms with Crippen LogP contribution in [0.25, 0.3) is 0 Å². The van der Waals surface area contributed by atoms with Crippen LogP contribution in [-0.4, -0.2) is 11.6 Å². The van der Waals surface area contributed by atoms with Gasteiger partial charge in [-0.1, -0.05) is 25.1 Å². The number of halogens is 2. The summed E-state index contributed by atoms with van der Waals surface area (Å²) in [5, 5.41) is 3.43. The average molecular weight is 292 g/mol. The Labute approximate surface area is 123 Å². The number of benzene rings is 1. The SMILES string of the molecule is CC[C@H](NCc1cccnc1)c1ccc(OC(F)F)cc1. The van der Waals surface area contributed by atoms with Crippen LogP contribution in [0, 0.1) is 0 Å². The highest BCUT2D eigenvalue weighted by atomic mass is 19.3. The summed E-state index contributed by atoms with van der Waals surface area (Å²) in [6, 6.07) is 10.8. The summed E-state index contributed by atoms with van der Waals surface area (Å²) in [5.74, 6) is 0.177. The molecule has 1 aromatic carbocycles. The number of hydrogen-bond acceptors (Lipinski definition) is 3. The first kappa shape index (κ1) is 15.4. The monoisotopic (exact) mass is 292 g/mol. The highest BCUT2D eigenvalue weighted by molar-refractivity contribution is 5.29. The molecule has 0 saturated carbocycles. The lowest BCUT2D eigenvalue weighted by Gasteiger charge is -2.18. The second-order valence-electron chi connectivity index (χ2n) is 4.65. The molecule has 0 unspecified atom stereocenters. The third-order valence-corrected chi connectivity index (χ3v) is 3.19. The van der Waals surface area contributed by atoms with E-state index in [9.17, 15) is 8.78 Å². The Morgan fingerprint density at radius 1 is 1.19 bits per heavy atom. The minimum Gasteiger partial charge on any atom is -0.435 e. The molecule has 0 radical (unpaired) electrons. The van der Waals surface area contributed by atoms with Gasteiger partial charge in [0.05, 0.1) is 0 Å². The predicted octanol–water partition coefficient (Wildman–Crippen LogP) is 3.92. The molecule has 1 N–H and O–H groups in total. The second-order valence-corrected chi connectivity index (χ2v) is 4.65. The van der Waals surface area contributed by atoms with Crippen LogP contribution >= 0.6 is 0 Å². The van der Waals surface area contributed by atoms with E-state index in [-0.39, 0.29) is 11.8 Å². The number of ether oxygens (including phenoxy) is 1. The Morgan fingerprint density at radius 3 is 2.52 bits per heavy atom. The molecule has 0 aliphatic rings. The molecule has 1 aromatic heterocycles. The van der Waals surface area contributed by atoms with Gasteiger partial charge in [-0.25, -0.2) is 0 Å². The highest BCUT2D eigenvalue weighted by Crippen LogP contribution is 2.21. The maximum Gasteiger partial charge on any atom is 0.387 e. The van der Waals surface area contributed by atoms with Crippen molar-refractivity contribution in [2.45, 2.75) is 32.5 Å². The van der Waals surface area contributed by atoms with E-state index in [1.54, 1.807) is 18.3 Å². The smallest absolute Gasteiger partial charge is 0.387 e. The van der Waals surface area contributed by atoms with Crippen LogP contribution in [-0.2, 0) is 6.54 Å². The topological polar surface area (TPSA) is 34.2 Å². The number of pyridine rings is 1. The summed E-state index contributed by atoms with van der Waals surface area (Å²) in [6.07, 6.45) is 4.46. The van der Waals surface area contributed by atoms with Crippen molar-refractivity contribution >= 4 is 0 Å². The van der Waals surface area contributed by atoms with Crippen molar-refractivity contribution in [2.75, 3.05) is 0 Å². The third-order valence-electron chi connectivity index (χ3n) is 3.19. The first-order chi connectivity index (χ1) is 10.2. The molecule has 0 fully saturated rings. The molecular weight excluding hydrogens is 274 g/mol. The van der Waals surface area contributed by atoms with Gasteiger partial charge in [-0.2, -0.15) is 8.78 Å². The fraction of sp³-hybridized carbons (Fsp3) is 0.312. The molecule has 5 heteroatoms. The quantitative estimate of drug-likeness (QED) is 0.839. The van der Waals surface area contributed by atoms with Gasteiger partial charge in [0.15, 0.2) is 0 Å². The van der Waals surface area contributed by atoms with Gasteiger partial charge in [0, 0.05) is 25.0 Å². The zero-order chi connectivity index (χ0) is 15.1. The maximum atomic E-state index is 12.1. The lowest BCUT2D eigenvalue weighted by molar-refractivity contribution is -0.0498. The molecule has 2 aromatic rings. The summed E-state index contributed by atoms with van der Waals surface area (Å²) in [7, 11) is 0. The fourth-order valence-corrected chi connectivity index (χ4v) is 2.12. The molecule has 0 bridgehead atoms. The van der Waals surface area contributed by atoms with Crippen LogP contribution in [0.3, 0.4) is 0 Å². The molecule has 1 atom stereocenters. The molecule has 0 amide bonds. The van der Waals surface area contributed by atoms with Crippen molar-refractivity contribution in [1.82, 2.24) is 10.3 Å². The molecule has 0 spiro atoms. The number of nitrogens with one attached hydrogen (secondary N) is 1. The van der Waals surface area contributed by atoms with Crippen molar-refractivity contribution in [3.63, 3.8) is 0 Å². The Morgan fingerprint density at radius 2 is 1.95 bits per heavy atom. The standard InChI is InChI=1S/C16H18F2N2O/c1-2-15(20-11-12-4-3-9-19-10-12)13-5-7-14(8-6-13)21-16(17)18/h3-10,15-16,20H,2,11H2,1H3/t15-/m0/s1. The van der Waals surface area contributed by atoms with Crippen molar-refractivity contribution in [1.29, 1.82) is 0 Å². The summed E-state index contributed by atoms with van der Waals surface area (Å²) < 4.78 is 28.6. The van der Waals surface area contributed by atoms with E-state index < -0.39 is 6.61 Å². The molecule has 0 aliphatic carbocycles. The van der Waals surface area contributed by atoms with Crippen LogP contribution in [0.2, 0.25) is 0 Å². The zero-order valence-electron chi connectivity index (χ0n) is 11.8. The number of rotatable bonds is 7. The summed E-state index contributed by atoms with van der Waals surface area (Å²) in [6.45, 7) is -0.00641. The van der Waals surface area contributed by atoms with Crippen LogP contribution in [0.5, 0.6) is 5.75 Å². The lowest BCUT2D eigenvalue weighted by atomic mass is 10.0. The van der Waals surface area contributed by atoms with Gasteiger partial charge in [0.2, 0.25) is 0 Å². The van der Waals surface area contributed by atoms with Gasteiger partial charge in [-0.05, 0) is 35.7 Å². The number of hydrogen-bond donors (Lipinski definition) is 1. The molecule has 21 heavy (non-hydrogen) atoms. The number of alkyl halides is 2. The molecule has 0 aliphatic heterocycles. The number of nitrogens with zero attached hydrogens (tertiary/aromatic N) is 1. The average Bonchev–Trinajstić information content (AvgIpc) is 2.50. The van der Waals surface area contributed by atoms with E-state index in [4.69, 9.17) is 0 Å². The van der Waals surface area contributed by atoms with Crippen molar-refractivity contribution in [3.8, 4) is 5.75 Å². The van der Waals surface area contributed by atoms with Crippen molar-refractivity contribution in [2.24, 2.45) is 0 Å². The van der Waals surface area contributed by atoms with Crippen LogP contribution in [0.4, 0.5) is 8.78 Å². The molecule has 0 saturated heterocycles. The fourth-order valence-electron chi connectivity index (χ4n) is 2.12. The molecule has 3 nitrogen and oxygen atoms in total. The van der Waals surface area contributed by atoms with Crippen LogP contribution < -0.4 is 10.1 Å². The van der Waals surface area contributed by atoms with Crippen LogP contribution in [0.15, 0.2) is 48.8 Å². The maximum absolute atomic E-state index is 12.1. The van der Waals surface area contributed by atoms with Crippen molar-refractivity contribution < 1.29 is 13.5 Å². The van der Waals surface area contributed by atoms with Gasteiger partial charge < -0.3 is 10.1 Å². The summed E-state index contributed by atoms with van der Waals surface area (Å²) in [4.78, 5) is 4.07. The lowest BCUT2D eigenvalue weighted by Crippen LogP contribution is -2.20. The third kappa shape index (κ3) is 4.79. The first-order valence-electron chi connectivity index (χ1n) is 6.86. The van der Waals surface area contributed by atoms with Gasteiger partial charge in [0.1, 0.15) is 5.75 Å². The second kappa shape index (κ2) is 7.69. The van der Waals surface area contributed by atoms with Crippen LogP contribution in [0.1, 0.15) is 30.5 Å². The normalized spacial score (nSPS) is 12.4. The van der Waals surface area contributed by atoms with Gasteiger partial charge in [0.25, 0.3) is 0 Å². The molecule has 1 heterocycles. The predicted molar refractivity (Wildman–Crippen MR) is 77.2 cm³/mol. The zero-order valence-corrected chi connectivity index (χ0v) is 11.8. The first-order valence-corrected chi connectivity index (χ1v) is 6.86. The minimum atomic E-state index is -2.79. The van der Waals surface area contributed by atoms with Gasteiger partial charge in [-0.3, -0.25) is 4.98 Å². The molecule has 2 rings (SSSR count). The van der Waals surface area contributed by atoms with Crippen molar-refractivity contribution in [3.05, 3.63) is 59.9 Å². The van der Waals surface area contributed by atoms with E-state index in [1.165, 1.54) is 0 Å². The molecule has 112 valence electrons. The van der Waals surface area contributed by atoms with Gasteiger partial charge in [-0.15, -0.1) is 0 Å². The van der Waals surface area contributed by atoms with Gasteiger partial charge >= 0.3 is 6.61 Å². The summed E-state index contributed by atoms with van der Waals surface area (Å²) >= 11 is 0. The van der Waals surface area contributed by atoms with E-state index in [0.717, 1.165) is 17.5 Å². The van der Waals surface area contributed by atoms with E-state index in [1.807, 2.05) is 30.5 Å². The number of aromatic nitrogens is 1. The Kier molecular flexibility index (Phi) is 5.63. The Balaban J connectivity index is 1.97. The van der Waals surface area contributed by atoms with E-state index >= 15 is 0 Å². The Bertz CT molecular complexity index is 532. The minimum absolute atomic E-state index is 0.158. The largest absolute Gasteiger partial charge is 0.435 e. The summed E-state index contributed by atoms with van der Waals surface area (Å²) in [5.41, 5.74) is 2.15. The van der Waals surface area contributed by atoms with E-state index in [2.05, 4.69) is 22.0 Å². The Hall–Kier alpha value is -2.01. The molecular formula is C16H18F2N2O. The van der Waals surface area contributed by atoms with E-state index in [0.29, 0.717) is 6.54 Å².